The summed E-state index contributed by atoms with van der Waals surface area (Å²) in [6, 6.07) is 33.8. The number of fused-ring (bicyclic) bond motifs is 3. The van der Waals surface area contributed by atoms with Crippen LogP contribution in [0.1, 0.15) is 42.5 Å². The van der Waals surface area contributed by atoms with Gasteiger partial charge in [-0.25, -0.2) is 9.59 Å². The van der Waals surface area contributed by atoms with Crippen LogP contribution in [0.2, 0.25) is 0 Å². The number of hydrogen-bond acceptors (Lipinski definition) is 6. The summed E-state index contributed by atoms with van der Waals surface area (Å²) in [4.78, 5) is 23.4. The van der Waals surface area contributed by atoms with Crippen LogP contribution in [0.5, 0.6) is 11.5 Å². The maximum atomic E-state index is 11.7. The minimum Gasteiger partial charge on any atom is -0.489 e. The SMILES string of the molecule is C=CC(=O)OC(C)COc1ccc(C2(c3ccc(OCC(C)OC(=O)C=C)c4ccccc34)CCc3ccccc32)c2ccccc12. The Morgan fingerprint density at radius 2 is 1.09 bits per heavy atom. The van der Waals surface area contributed by atoms with Crippen molar-refractivity contribution in [1.82, 2.24) is 0 Å². The fourth-order valence-corrected chi connectivity index (χ4v) is 6.83. The highest BCUT2D eigenvalue weighted by Crippen LogP contribution is 2.53. The predicted octanol–water partition coefficient (Wildman–Crippen LogP) is 8.27. The summed E-state index contributed by atoms with van der Waals surface area (Å²) in [6.07, 6.45) is 3.27. The topological polar surface area (TPSA) is 71.1 Å². The third-order valence-electron chi connectivity index (χ3n) is 8.85. The molecule has 0 saturated carbocycles. The molecule has 0 aliphatic heterocycles. The van der Waals surface area contributed by atoms with Crippen molar-refractivity contribution in [1.29, 1.82) is 0 Å². The zero-order chi connectivity index (χ0) is 33.0. The van der Waals surface area contributed by atoms with Gasteiger partial charge in [-0.2, -0.15) is 0 Å². The largest absolute Gasteiger partial charge is 0.489 e. The second kappa shape index (κ2) is 13.6. The molecular weight excluding hydrogens is 588 g/mol. The molecule has 1 aliphatic rings. The molecule has 6 heteroatoms. The Bertz CT molecular complexity index is 1860. The molecule has 2 atom stereocenters. The molecule has 0 saturated heterocycles. The molecular formula is C41H38O6. The molecule has 238 valence electrons. The summed E-state index contributed by atoms with van der Waals surface area (Å²) in [5.41, 5.74) is 4.55. The molecule has 0 spiro atoms. The quantitative estimate of drug-likeness (QED) is 0.103. The number of rotatable bonds is 12. The number of benzene rings is 5. The molecule has 5 aromatic rings. The van der Waals surface area contributed by atoms with Gasteiger partial charge in [0, 0.05) is 28.3 Å². The lowest BCUT2D eigenvalue weighted by molar-refractivity contribution is -0.144. The number of hydrogen-bond donors (Lipinski definition) is 0. The summed E-state index contributed by atoms with van der Waals surface area (Å²) < 4.78 is 23.2. The second-order valence-corrected chi connectivity index (χ2v) is 11.9. The smallest absolute Gasteiger partial charge is 0.330 e. The van der Waals surface area contributed by atoms with Crippen molar-refractivity contribution >= 4 is 33.5 Å². The number of aryl methyl sites for hydroxylation is 1. The van der Waals surface area contributed by atoms with E-state index in [0.29, 0.717) is 0 Å². The van der Waals surface area contributed by atoms with E-state index in [4.69, 9.17) is 18.9 Å². The van der Waals surface area contributed by atoms with Crippen molar-refractivity contribution in [3.05, 3.63) is 145 Å². The van der Waals surface area contributed by atoms with Crippen LogP contribution in [-0.2, 0) is 30.9 Å². The highest BCUT2D eigenvalue weighted by molar-refractivity contribution is 5.97. The van der Waals surface area contributed by atoms with Crippen molar-refractivity contribution in [3.8, 4) is 11.5 Å². The van der Waals surface area contributed by atoms with Crippen LogP contribution in [0.4, 0.5) is 0 Å². The minimum atomic E-state index is -0.475. The lowest BCUT2D eigenvalue weighted by atomic mass is 9.67. The molecule has 6 rings (SSSR count). The van der Waals surface area contributed by atoms with Crippen molar-refractivity contribution < 1.29 is 28.5 Å². The Balaban J connectivity index is 1.47. The van der Waals surface area contributed by atoms with Crippen LogP contribution in [0, 0.1) is 0 Å². The lowest BCUT2D eigenvalue weighted by Crippen LogP contribution is -2.27. The summed E-state index contributed by atoms with van der Waals surface area (Å²) in [6.45, 7) is 11.0. The Kier molecular flexibility index (Phi) is 9.12. The zero-order valence-corrected chi connectivity index (χ0v) is 26.7. The molecule has 0 N–H and O–H groups in total. The van der Waals surface area contributed by atoms with Gasteiger partial charge in [-0.05, 0) is 71.8 Å². The fourth-order valence-electron chi connectivity index (χ4n) is 6.83. The Hall–Kier alpha value is -5.36. The highest BCUT2D eigenvalue weighted by Gasteiger charge is 2.44. The number of esters is 2. The molecule has 0 aromatic heterocycles. The third-order valence-corrected chi connectivity index (χ3v) is 8.85. The maximum absolute atomic E-state index is 11.7. The van der Waals surface area contributed by atoms with Crippen molar-refractivity contribution in [2.45, 2.75) is 44.3 Å². The van der Waals surface area contributed by atoms with Gasteiger partial charge >= 0.3 is 11.9 Å². The first kappa shape index (κ1) is 31.6. The van der Waals surface area contributed by atoms with E-state index in [2.05, 4.69) is 86.0 Å². The summed E-state index contributed by atoms with van der Waals surface area (Å²) >= 11 is 0. The van der Waals surface area contributed by atoms with Crippen LogP contribution >= 0.6 is 0 Å². The van der Waals surface area contributed by atoms with Gasteiger partial charge in [0.1, 0.15) is 36.9 Å². The van der Waals surface area contributed by atoms with E-state index in [1.807, 2.05) is 24.3 Å². The van der Waals surface area contributed by atoms with Gasteiger partial charge in [0.15, 0.2) is 0 Å². The van der Waals surface area contributed by atoms with Gasteiger partial charge in [0.25, 0.3) is 0 Å². The van der Waals surface area contributed by atoms with Crippen LogP contribution in [-0.4, -0.2) is 37.4 Å². The maximum Gasteiger partial charge on any atom is 0.330 e. The van der Waals surface area contributed by atoms with Gasteiger partial charge < -0.3 is 18.9 Å². The number of carbonyl (C=O) groups is 2. The van der Waals surface area contributed by atoms with Crippen LogP contribution in [0.3, 0.4) is 0 Å². The van der Waals surface area contributed by atoms with Gasteiger partial charge in [-0.15, -0.1) is 0 Å². The summed E-state index contributed by atoms with van der Waals surface area (Å²) in [5, 5.41) is 4.17. The van der Waals surface area contributed by atoms with Crippen molar-refractivity contribution in [3.63, 3.8) is 0 Å². The highest BCUT2D eigenvalue weighted by atomic mass is 16.6. The van der Waals surface area contributed by atoms with Gasteiger partial charge in [0.05, 0.1) is 0 Å². The Labute approximate surface area is 275 Å². The molecule has 6 nitrogen and oxygen atoms in total. The fraction of sp³-hybridized carbons (Fsp3) is 0.220. The molecule has 0 amide bonds. The normalized spacial score (nSPS) is 16.6. The standard InChI is InChI=1S/C41H38O6/c1-5-39(42)46-27(3)25-44-37-21-19-35(30-14-8-10-16-32(30)37)41(24-23-29-13-7-12-18-34(29)41)36-20-22-38(33-17-11-9-15-31(33)36)45-26-28(4)47-40(43)6-2/h5-22,27-28H,1-2,23-26H2,3-4H3. The van der Waals surface area contributed by atoms with Gasteiger partial charge in [-0.3, -0.25) is 0 Å². The summed E-state index contributed by atoms with van der Waals surface area (Å²) in [5.74, 6) is 0.509. The molecule has 47 heavy (non-hydrogen) atoms. The molecule has 2 unspecified atom stereocenters. The number of carbonyl (C=O) groups excluding carboxylic acids is 2. The summed E-state index contributed by atoms with van der Waals surface area (Å²) in [7, 11) is 0. The van der Waals surface area contributed by atoms with E-state index >= 15 is 0 Å². The molecule has 5 aromatic carbocycles. The van der Waals surface area contributed by atoms with E-state index in [1.54, 1.807) is 13.8 Å². The van der Waals surface area contributed by atoms with Crippen LogP contribution in [0.25, 0.3) is 21.5 Å². The first-order chi connectivity index (χ1) is 22.8. The Morgan fingerprint density at radius 1 is 0.638 bits per heavy atom. The van der Waals surface area contributed by atoms with Gasteiger partial charge in [-0.1, -0.05) is 98.1 Å². The van der Waals surface area contributed by atoms with E-state index in [-0.39, 0.29) is 13.2 Å². The van der Waals surface area contributed by atoms with Crippen LogP contribution in [0.15, 0.2) is 122 Å². The van der Waals surface area contributed by atoms with Crippen molar-refractivity contribution in [2.75, 3.05) is 13.2 Å². The monoisotopic (exact) mass is 626 g/mol. The predicted molar refractivity (Wildman–Crippen MR) is 185 cm³/mol. The number of ether oxygens (including phenoxy) is 4. The zero-order valence-electron chi connectivity index (χ0n) is 26.7. The first-order valence-corrected chi connectivity index (χ1v) is 15.9. The average molecular weight is 627 g/mol. The van der Waals surface area contributed by atoms with E-state index in [1.165, 1.54) is 22.3 Å². The molecule has 0 radical (unpaired) electrons. The van der Waals surface area contributed by atoms with Crippen LogP contribution < -0.4 is 9.47 Å². The van der Waals surface area contributed by atoms with E-state index in [9.17, 15) is 9.59 Å². The molecule has 1 aliphatic carbocycles. The van der Waals surface area contributed by atoms with E-state index < -0.39 is 29.6 Å². The second-order valence-electron chi connectivity index (χ2n) is 11.9. The molecule has 0 fully saturated rings. The first-order valence-electron chi connectivity index (χ1n) is 15.9. The minimum absolute atomic E-state index is 0.217. The average Bonchev–Trinajstić information content (AvgIpc) is 3.49. The van der Waals surface area contributed by atoms with Gasteiger partial charge in [0.2, 0.25) is 0 Å². The third kappa shape index (κ3) is 6.11. The van der Waals surface area contributed by atoms with Crippen molar-refractivity contribution in [2.24, 2.45) is 0 Å². The molecule has 0 bridgehead atoms. The lowest BCUT2D eigenvalue weighted by Gasteiger charge is -2.35. The molecule has 0 heterocycles. The Morgan fingerprint density at radius 3 is 1.57 bits per heavy atom. The van der Waals surface area contributed by atoms with E-state index in [0.717, 1.165) is 58.0 Å².